The average molecular weight is 236 g/mol. The zero-order chi connectivity index (χ0) is 11.4. The molecule has 0 saturated carbocycles. The third-order valence-electron chi connectivity index (χ3n) is 2.00. The third-order valence-corrected chi connectivity index (χ3v) is 2.90. The molecule has 0 aromatic carbocycles. The number of aromatic nitrogens is 1. The van der Waals surface area contributed by atoms with Crippen LogP contribution in [0.1, 0.15) is 12.6 Å². The van der Waals surface area contributed by atoms with Crippen molar-refractivity contribution in [3.63, 3.8) is 0 Å². The largest absolute Gasteiger partial charge is 0.462 e. The van der Waals surface area contributed by atoms with Gasteiger partial charge in [-0.15, -0.1) is 11.3 Å². The molecule has 0 atom stereocenters. The number of hydrogen-bond acceptors (Lipinski definition) is 4. The molecular formula is C11H12N2O2S. The summed E-state index contributed by atoms with van der Waals surface area (Å²) in [6, 6.07) is 3.68. The standard InChI is InChI=1S/C11H12N2O2S/c1-2-12-10(14)6-8-7-16-11(13-8)9-4-3-5-15-9/h3-5,7H,2,6H2,1H3,(H,12,14). The highest BCUT2D eigenvalue weighted by Gasteiger charge is 2.09. The van der Waals surface area contributed by atoms with Crippen LogP contribution in [-0.4, -0.2) is 17.4 Å². The Balaban J connectivity index is 2.06. The smallest absolute Gasteiger partial charge is 0.226 e. The maximum absolute atomic E-state index is 11.3. The van der Waals surface area contributed by atoms with E-state index in [1.807, 2.05) is 24.4 Å². The average Bonchev–Trinajstić information content (AvgIpc) is 2.86. The number of rotatable bonds is 4. The van der Waals surface area contributed by atoms with E-state index in [-0.39, 0.29) is 5.91 Å². The Morgan fingerprint density at radius 3 is 3.19 bits per heavy atom. The fourth-order valence-electron chi connectivity index (χ4n) is 1.33. The molecule has 0 aliphatic rings. The van der Waals surface area contributed by atoms with Crippen molar-refractivity contribution < 1.29 is 9.21 Å². The number of thiazole rings is 1. The first-order valence-electron chi connectivity index (χ1n) is 5.04. The fraction of sp³-hybridized carbons (Fsp3) is 0.273. The molecule has 0 fully saturated rings. The molecule has 0 spiro atoms. The first-order chi connectivity index (χ1) is 7.79. The summed E-state index contributed by atoms with van der Waals surface area (Å²) in [6.45, 7) is 2.54. The minimum absolute atomic E-state index is 0.00112. The van der Waals surface area contributed by atoms with Gasteiger partial charge in [-0.3, -0.25) is 4.79 Å². The number of amides is 1. The van der Waals surface area contributed by atoms with E-state index in [9.17, 15) is 4.79 Å². The Labute approximate surface area is 97.3 Å². The Bertz CT molecular complexity index is 462. The second-order valence-corrected chi connectivity index (χ2v) is 4.11. The molecule has 0 aliphatic carbocycles. The zero-order valence-corrected chi connectivity index (χ0v) is 9.71. The van der Waals surface area contributed by atoms with Gasteiger partial charge in [0.1, 0.15) is 0 Å². The molecule has 16 heavy (non-hydrogen) atoms. The second kappa shape index (κ2) is 4.94. The van der Waals surface area contributed by atoms with Crippen LogP contribution in [0.5, 0.6) is 0 Å². The van der Waals surface area contributed by atoms with Crippen LogP contribution in [0, 0.1) is 0 Å². The molecule has 5 heteroatoms. The highest BCUT2D eigenvalue weighted by Crippen LogP contribution is 2.23. The van der Waals surface area contributed by atoms with Gasteiger partial charge >= 0.3 is 0 Å². The molecular weight excluding hydrogens is 224 g/mol. The number of hydrogen-bond donors (Lipinski definition) is 1. The van der Waals surface area contributed by atoms with Crippen molar-refractivity contribution in [1.29, 1.82) is 0 Å². The zero-order valence-electron chi connectivity index (χ0n) is 8.90. The van der Waals surface area contributed by atoms with Gasteiger partial charge in [0.05, 0.1) is 18.4 Å². The fourth-order valence-corrected chi connectivity index (χ4v) is 2.11. The minimum Gasteiger partial charge on any atom is -0.462 e. The van der Waals surface area contributed by atoms with Gasteiger partial charge in [-0.1, -0.05) is 0 Å². The van der Waals surface area contributed by atoms with Gasteiger partial charge in [-0.05, 0) is 19.1 Å². The van der Waals surface area contributed by atoms with Crippen LogP contribution in [0.4, 0.5) is 0 Å². The van der Waals surface area contributed by atoms with Crippen molar-refractivity contribution in [2.24, 2.45) is 0 Å². The molecule has 84 valence electrons. The molecule has 0 bridgehead atoms. The van der Waals surface area contributed by atoms with E-state index in [0.717, 1.165) is 16.5 Å². The number of furan rings is 1. The molecule has 0 radical (unpaired) electrons. The molecule has 1 amide bonds. The second-order valence-electron chi connectivity index (χ2n) is 3.25. The van der Waals surface area contributed by atoms with Gasteiger partial charge in [-0.25, -0.2) is 4.98 Å². The van der Waals surface area contributed by atoms with Gasteiger partial charge in [0.25, 0.3) is 0 Å². The van der Waals surface area contributed by atoms with Crippen molar-refractivity contribution in [2.45, 2.75) is 13.3 Å². The molecule has 1 N–H and O–H groups in total. The van der Waals surface area contributed by atoms with Crippen LogP contribution < -0.4 is 5.32 Å². The summed E-state index contributed by atoms with van der Waals surface area (Å²) in [7, 11) is 0. The summed E-state index contributed by atoms with van der Waals surface area (Å²) in [5, 5.41) is 5.43. The Morgan fingerprint density at radius 2 is 2.50 bits per heavy atom. The van der Waals surface area contributed by atoms with Crippen LogP contribution in [-0.2, 0) is 11.2 Å². The van der Waals surface area contributed by atoms with Crippen LogP contribution in [0.15, 0.2) is 28.2 Å². The molecule has 2 aromatic rings. The lowest BCUT2D eigenvalue weighted by Crippen LogP contribution is -2.24. The Kier molecular flexibility index (Phi) is 3.36. The van der Waals surface area contributed by atoms with Crippen LogP contribution >= 0.6 is 11.3 Å². The topological polar surface area (TPSA) is 55.1 Å². The van der Waals surface area contributed by atoms with Gasteiger partial charge in [0.2, 0.25) is 5.91 Å². The van der Waals surface area contributed by atoms with E-state index < -0.39 is 0 Å². The van der Waals surface area contributed by atoms with E-state index >= 15 is 0 Å². The number of carbonyl (C=O) groups is 1. The third kappa shape index (κ3) is 2.49. The van der Waals surface area contributed by atoms with Crippen molar-refractivity contribution in [1.82, 2.24) is 10.3 Å². The van der Waals surface area contributed by atoms with E-state index in [1.165, 1.54) is 11.3 Å². The number of nitrogens with zero attached hydrogens (tertiary/aromatic N) is 1. The summed E-state index contributed by atoms with van der Waals surface area (Å²) in [5.74, 6) is 0.742. The van der Waals surface area contributed by atoms with Gasteiger partial charge in [-0.2, -0.15) is 0 Å². The summed E-state index contributed by atoms with van der Waals surface area (Å²) < 4.78 is 5.23. The van der Waals surface area contributed by atoms with Crippen molar-refractivity contribution in [3.05, 3.63) is 29.5 Å². The minimum atomic E-state index is -0.00112. The van der Waals surface area contributed by atoms with Gasteiger partial charge < -0.3 is 9.73 Å². The summed E-state index contributed by atoms with van der Waals surface area (Å²) in [5.41, 5.74) is 0.780. The lowest BCUT2D eigenvalue weighted by Gasteiger charge is -1.97. The van der Waals surface area contributed by atoms with Crippen molar-refractivity contribution in [3.8, 4) is 10.8 Å². The summed E-state index contributed by atoms with van der Waals surface area (Å²) >= 11 is 1.48. The van der Waals surface area contributed by atoms with E-state index in [0.29, 0.717) is 13.0 Å². The molecule has 2 heterocycles. The molecule has 2 rings (SSSR count). The number of carbonyl (C=O) groups excluding carboxylic acids is 1. The Morgan fingerprint density at radius 1 is 1.62 bits per heavy atom. The van der Waals surface area contributed by atoms with Crippen molar-refractivity contribution >= 4 is 17.2 Å². The number of likely N-dealkylation sites (N-methyl/N-ethyl adjacent to an activating group) is 1. The molecule has 0 aliphatic heterocycles. The highest BCUT2D eigenvalue weighted by atomic mass is 32.1. The maximum Gasteiger partial charge on any atom is 0.226 e. The summed E-state index contributed by atoms with van der Waals surface area (Å²) in [4.78, 5) is 15.7. The maximum atomic E-state index is 11.3. The molecule has 0 unspecified atom stereocenters. The van der Waals surface area contributed by atoms with Crippen LogP contribution in [0.25, 0.3) is 10.8 Å². The van der Waals surface area contributed by atoms with Crippen LogP contribution in [0.2, 0.25) is 0 Å². The number of nitrogens with one attached hydrogen (secondary N) is 1. The summed E-state index contributed by atoms with van der Waals surface area (Å²) in [6.07, 6.45) is 1.94. The first kappa shape index (κ1) is 10.9. The highest BCUT2D eigenvalue weighted by molar-refractivity contribution is 7.13. The predicted molar refractivity (Wildman–Crippen MR) is 62.2 cm³/mol. The SMILES string of the molecule is CCNC(=O)Cc1csc(-c2ccco2)n1. The first-order valence-corrected chi connectivity index (χ1v) is 5.92. The normalized spacial score (nSPS) is 10.3. The molecule has 0 saturated heterocycles. The quantitative estimate of drug-likeness (QED) is 0.884. The Hall–Kier alpha value is -1.62. The van der Waals surface area contributed by atoms with Crippen LogP contribution in [0.3, 0.4) is 0 Å². The van der Waals surface area contributed by atoms with Crippen molar-refractivity contribution in [2.75, 3.05) is 6.54 Å². The lowest BCUT2D eigenvalue weighted by atomic mass is 10.3. The molecule has 2 aromatic heterocycles. The predicted octanol–water partition coefficient (Wildman–Crippen LogP) is 2.08. The van der Waals surface area contributed by atoms with Gasteiger partial charge in [0.15, 0.2) is 10.8 Å². The van der Waals surface area contributed by atoms with Gasteiger partial charge in [0, 0.05) is 11.9 Å². The molecule has 4 nitrogen and oxygen atoms in total. The van der Waals surface area contributed by atoms with E-state index in [4.69, 9.17) is 4.42 Å². The van der Waals surface area contributed by atoms with E-state index in [2.05, 4.69) is 10.3 Å². The van der Waals surface area contributed by atoms with E-state index in [1.54, 1.807) is 6.26 Å². The monoisotopic (exact) mass is 236 g/mol. The lowest BCUT2D eigenvalue weighted by molar-refractivity contribution is -0.120.